The summed E-state index contributed by atoms with van der Waals surface area (Å²) < 4.78 is 0. The molecule has 62 valence electrons. The van der Waals surface area contributed by atoms with Crippen LogP contribution in [0.4, 0.5) is 0 Å². The van der Waals surface area contributed by atoms with Crippen LogP contribution in [-0.2, 0) is 9.59 Å². The number of Topliss-reactive ketones (excluding diaryl/α,β-unsaturated/α-hetero) is 1. The third kappa shape index (κ3) is 6.77. The third-order valence-corrected chi connectivity index (χ3v) is 0.982. The van der Waals surface area contributed by atoms with E-state index in [0.29, 0.717) is 0 Å². The SMILES string of the molecule is CC(=O)CC(=O)C=CN(C)C. The smallest absolute Gasteiger partial charge is 0.164 e. The molecule has 0 saturated carbocycles. The Kier molecular flexibility index (Phi) is 4.18. The number of carbonyl (C=O) groups excluding carboxylic acids is 2. The Morgan fingerprint density at radius 1 is 1.36 bits per heavy atom. The van der Waals surface area contributed by atoms with Crippen LogP contribution < -0.4 is 0 Å². The molecule has 0 bridgehead atoms. The summed E-state index contributed by atoms with van der Waals surface area (Å²) in [6.07, 6.45) is 3.04. The van der Waals surface area contributed by atoms with E-state index < -0.39 is 0 Å². The highest BCUT2D eigenvalue weighted by atomic mass is 16.1. The van der Waals surface area contributed by atoms with E-state index in [1.807, 2.05) is 14.1 Å². The minimum absolute atomic E-state index is 0.00431. The molecule has 0 aromatic heterocycles. The molecule has 0 aliphatic rings. The van der Waals surface area contributed by atoms with Gasteiger partial charge in [-0.15, -0.1) is 0 Å². The van der Waals surface area contributed by atoms with Gasteiger partial charge in [0, 0.05) is 20.3 Å². The first-order chi connectivity index (χ1) is 5.02. The lowest BCUT2D eigenvalue weighted by molar-refractivity contribution is -0.123. The average molecular weight is 155 g/mol. The van der Waals surface area contributed by atoms with Crippen LogP contribution in [0.25, 0.3) is 0 Å². The van der Waals surface area contributed by atoms with E-state index >= 15 is 0 Å². The van der Waals surface area contributed by atoms with Crippen LogP contribution >= 0.6 is 0 Å². The topological polar surface area (TPSA) is 37.4 Å². The van der Waals surface area contributed by atoms with Gasteiger partial charge in [0.25, 0.3) is 0 Å². The Hall–Kier alpha value is -1.12. The largest absolute Gasteiger partial charge is 0.383 e. The van der Waals surface area contributed by atoms with Crippen molar-refractivity contribution < 1.29 is 9.59 Å². The van der Waals surface area contributed by atoms with Crippen LogP contribution in [0, 0.1) is 0 Å². The molecule has 0 heterocycles. The van der Waals surface area contributed by atoms with Crippen LogP contribution in [0.1, 0.15) is 13.3 Å². The lowest BCUT2D eigenvalue weighted by atomic mass is 10.2. The number of hydrogen-bond donors (Lipinski definition) is 0. The Morgan fingerprint density at radius 3 is 2.27 bits per heavy atom. The van der Waals surface area contributed by atoms with Gasteiger partial charge >= 0.3 is 0 Å². The number of allylic oxidation sites excluding steroid dienone is 1. The molecule has 0 N–H and O–H groups in total. The Bertz CT molecular complexity index is 183. The second-order valence-corrected chi connectivity index (χ2v) is 2.62. The molecule has 0 saturated heterocycles. The number of carbonyl (C=O) groups is 2. The molecule has 0 fully saturated rings. The number of ketones is 2. The fourth-order valence-corrected chi connectivity index (χ4v) is 0.536. The van der Waals surface area contributed by atoms with Gasteiger partial charge in [-0.2, -0.15) is 0 Å². The highest BCUT2D eigenvalue weighted by Crippen LogP contribution is 1.87. The Labute approximate surface area is 66.7 Å². The molecule has 0 atom stereocenters. The average Bonchev–Trinajstić information content (AvgIpc) is 1.82. The molecule has 0 aromatic carbocycles. The highest BCUT2D eigenvalue weighted by Gasteiger charge is 1.99. The van der Waals surface area contributed by atoms with E-state index in [9.17, 15) is 9.59 Å². The fraction of sp³-hybridized carbons (Fsp3) is 0.500. The monoisotopic (exact) mass is 155 g/mol. The molecule has 0 radical (unpaired) electrons. The maximum Gasteiger partial charge on any atom is 0.164 e. The Morgan fingerprint density at radius 2 is 1.91 bits per heavy atom. The molecule has 0 aliphatic carbocycles. The molecule has 0 amide bonds. The van der Waals surface area contributed by atoms with Crippen LogP contribution in [0.2, 0.25) is 0 Å². The number of hydrogen-bond acceptors (Lipinski definition) is 3. The minimum atomic E-state index is -0.147. The molecule has 0 spiro atoms. The molecule has 3 heteroatoms. The Balaban J connectivity index is 3.78. The van der Waals surface area contributed by atoms with E-state index in [-0.39, 0.29) is 18.0 Å². The maximum atomic E-state index is 10.8. The van der Waals surface area contributed by atoms with Gasteiger partial charge in [-0.25, -0.2) is 0 Å². The van der Waals surface area contributed by atoms with Gasteiger partial charge in [-0.3, -0.25) is 9.59 Å². The molecule has 11 heavy (non-hydrogen) atoms. The third-order valence-electron chi connectivity index (χ3n) is 0.982. The van der Waals surface area contributed by atoms with E-state index in [0.717, 1.165) is 0 Å². The predicted octanol–water partition coefficient (Wildman–Crippen LogP) is 0.610. The fourth-order valence-electron chi connectivity index (χ4n) is 0.536. The van der Waals surface area contributed by atoms with Gasteiger partial charge in [0.1, 0.15) is 5.78 Å². The van der Waals surface area contributed by atoms with Crippen LogP contribution in [-0.4, -0.2) is 30.6 Å². The van der Waals surface area contributed by atoms with Gasteiger partial charge in [-0.05, 0) is 13.0 Å². The summed E-state index contributed by atoms with van der Waals surface area (Å²) in [4.78, 5) is 23.0. The summed E-state index contributed by atoms with van der Waals surface area (Å²) in [5.74, 6) is -0.246. The molecule has 0 aliphatic heterocycles. The van der Waals surface area contributed by atoms with Crippen LogP contribution in [0.3, 0.4) is 0 Å². The summed E-state index contributed by atoms with van der Waals surface area (Å²) in [5, 5.41) is 0. The number of rotatable bonds is 4. The van der Waals surface area contributed by atoms with E-state index in [1.165, 1.54) is 13.0 Å². The van der Waals surface area contributed by atoms with E-state index in [4.69, 9.17) is 0 Å². The van der Waals surface area contributed by atoms with E-state index in [1.54, 1.807) is 11.1 Å². The summed E-state index contributed by atoms with van der Waals surface area (Å²) in [6, 6.07) is 0. The van der Waals surface area contributed by atoms with Crippen LogP contribution in [0.15, 0.2) is 12.3 Å². The van der Waals surface area contributed by atoms with Gasteiger partial charge in [0.05, 0.1) is 6.42 Å². The first kappa shape index (κ1) is 9.88. The predicted molar refractivity (Wildman–Crippen MR) is 43.1 cm³/mol. The maximum absolute atomic E-state index is 10.8. The quantitative estimate of drug-likeness (QED) is 0.441. The van der Waals surface area contributed by atoms with Crippen molar-refractivity contribution in [2.24, 2.45) is 0 Å². The second kappa shape index (κ2) is 4.66. The summed E-state index contributed by atoms with van der Waals surface area (Å²) in [7, 11) is 3.63. The molecule has 0 aromatic rings. The van der Waals surface area contributed by atoms with Gasteiger partial charge in [-0.1, -0.05) is 0 Å². The summed E-state index contributed by atoms with van der Waals surface area (Å²) in [5.41, 5.74) is 0. The van der Waals surface area contributed by atoms with Crippen LogP contribution in [0.5, 0.6) is 0 Å². The molecular weight excluding hydrogens is 142 g/mol. The van der Waals surface area contributed by atoms with Crippen molar-refractivity contribution in [3.05, 3.63) is 12.3 Å². The van der Waals surface area contributed by atoms with Gasteiger partial charge < -0.3 is 4.90 Å². The number of nitrogens with zero attached hydrogens (tertiary/aromatic N) is 1. The van der Waals surface area contributed by atoms with Gasteiger partial charge in [0.2, 0.25) is 0 Å². The summed E-state index contributed by atoms with van der Waals surface area (Å²) in [6.45, 7) is 1.40. The standard InChI is InChI=1S/C8H13NO2/c1-7(10)6-8(11)4-5-9(2)3/h4-5H,6H2,1-3H3. The second-order valence-electron chi connectivity index (χ2n) is 2.62. The molecule has 0 rings (SSSR count). The van der Waals surface area contributed by atoms with Crippen molar-refractivity contribution in [1.29, 1.82) is 0 Å². The van der Waals surface area contributed by atoms with Crippen molar-refractivity contribution in [3.63, 3.8) is 0 Å². The van der Waals surface area contributed by atoms with Crippen molar-refractivity contribution in [3.8, 4) is 0 Å². The zero-order chi connectivity index (χ0) is 8.85. The van der Waals surface area contributed by atoms with Crippen molar-refractivity contribution >= 4 is 11.6 Å². The first-order valence-corrected chi connectivity index (χ1v) is 3.39. The summed E-state index contributed by atoms with van der Waals surface area (Å²) >= 11 is 0. The normalized spacial score (nSPS) is 10.1. The first-order valence-electron chi connectivity index (χ1n) is 3.39. The van der Waals surface area contributed by atoms with Crippen molar-refractivity contribution in [1.82, 2.24) is 4.90 Å². The van der Waals surface area contributed by atoms with E-state index in [2.05, 4.69) is 0 Å². The molecule has 0 unspecified atom stereocenters. The lowest BCUT2D eigenvalue weighted by Crippen LogP contribution is -2.05. The molecular formula is C8H13NO2. The lowest BCUT2D eigenvalue weighted by Gasteiger charge is -2.01. The van der Waals surface area contributed by atoms with Crippen molar-refractivity contribution in [2.45, 2.75) is 13.3 Å². The zero-order valence-corrected chi connectivity index (χ0v) is 7.13. The zero-order valence-electron chi connectivity index (χ0n) is 7.13. The van der Waals surface area contributed by atoms with Crippen molar-refractivity contribution in [2.75, 3.05) is 14.1 Å². The van der Waals surface area contributed by atoms with Gasteiger partial charge in [0.15, 0.2) is 5.78 Å². The molecule has 3 nitrogen and oxygen atoms in total. The highest BCUT2D eigenvalue weighted by molar-refractivity contribution is 6.03. The minimum Gasteiger partial charge on any atom is -0.383 e.